The van der Waals surface area contributed by atoms with Gasteiger partial charge in [-0.15, -0.1) is 0 Å². The first-order valence-electron chi connectivity index (χ1n) is 4.51. The van der Waals surface area contributed by atoms with Crippen molar-refractivity contribution in [3.63, 3.8) is 0 Å². The van der Waals surface area contributed by atoms with E-state index in [2.05, 4.69) is 4.90 Å². The zero-order chi connectivity index (χ0) is 9.90. The van der Waals surface area contributed by atoms with Crippen LogP contribution in [0.25, 0.3) is 0 Å². The molecule has 0 aromatic heterocycles. The van der Waals surface area contributed by atoms with E-state index in [1.807, 2.05) is 13.0 Å². The summed E-state index contributed by atoms with van der Waals surface area (Å²) in [6.07, 6.45) is 0.902. The Balaban J connectivity index is 2.65. The van der Waals surface area contributed by atoms with Gasteiger partial charge in [0.2, 0.25) is 0 Å². The van der Waals surface area contributed by atoms with E-state index in [0.717, 1.165) is 19.6 Å². The van der Waals surface area contributed by atoms with Gasteiger partial charge in [0.15, 0.2) is 5.41 Å². The predicted molar refractivity (Wildman–Crippen MR) is 47.0 cm³/mol. The summed E-state index contributed by atoms with van der Waals surface area (Å²) in [6.45, 7) is 4.41. The van der Waals surface area contributed by atoms with Crippen molar-refractivity contribution >= 4 is 5.97 Å². The maximum atomic E-state index is 10.9. The average Bonchev–Trinajstić information content (AvgIpc) is 2.17. The predicted octanol–water partition coefficient (Wildman–Crippen LogP) is 0.697. The summed E-state index contributed by atoms with van der Waals surface area (Å²) in [5.41, 5.74) is -1.12. The molecule has 4 heteroatoms. The molecule has 0 spiro atoms. The molecule has 1 N–H and O–H groups in total. The molecule has 1 saturated heterocycles. The third kappa shape index (κ3) is 1.81. The number of hydrogen-bond donors (Lipinski definition) is 1. The van der Waals surface area contributed by atoms with Crippen molar-refractivity contribution in [1.82, 2.24) is 4.90 Å². The number of carbonyl (C=O) groups is 1. The molecule has 1 aliphatic rings. The van der Waals surface area contributed by atoms with Crippen LogP contribution in [0.15, 0.2) is 0 Å². The standard InChI is InChI=1S/C9H14N2O2/c1-2-11-5-3-9(7-10,4-6-11)8(12)13/h2-6H2,1H3,(H,12,13). The van der Waals surface area contributed by atoms with E-state index in [0.29, 0.717) is 12.8 Å². The van der Waals surface area contributed by atoms with Gasteiger partial charge in [-0.2, -0.15) is 5.26 Å². The Morgan fingerprint density at radius 3 is 2.46 bits per heavy atom. The van der Waals surface area contributed by atoms with Gasteiger partial charge in [0.05, 0.1) is 6.07 Å². The summed E-state index contributed by atoms with van der Waals surface area (Å²) >= 11 is 0. The fourth-order valence-corrected chi connectivity index (χ4v) is 1.62. The molecule has 0 radical (unpaired) electrons. The summed E-state index contributed by atoms with van der Waals surface area (Å²) in [7, 11) is 0. The van der Waals surface area contributed by atoms with Gasteiger partial charge in [-0.3, -0.25) is 4.79 Å². The Morgan fingerprint density at radius 1 is 1.62 bits per heavy atom. The Morgan fingerprint density at radius 2 is 2.15 bits per heavy atom. The first kappa shape index (κ1) is 10.0. The molecule has 0 atom stereocenters. The first-order chi connectivity index (χ1) is 6.14. The quantitative estimate of drug-likeness (QED) is 0.682. The van der Waals surface area contributed by atoms with Crippen molar-refractivity contribution < 1.29 is 9.90 Å². The highest BCUT2D eigenvalue weighted by molar-refractivity contribution is 5.78. The fraction of sp³-hybridized carbons (Fsp3) is 0.778. The van der Waals surface area contributed by atoms with Crippen molar-refractivity contribution in [2.24, 2.45) is 5.41 Å². The smallest absolute Gasteiger partial charge is 0.324 e. The molecular formula is C9H14N2O2. The molecule has 4 nitrogen and oxygen atoms in total. The second-order valence-electron chi connectivity index (χ2n) is 3.43. The third-order valence-corrected chi connectivity index (χ3v) is 2.78. The van der Waals surface area contributed by atoms with Crippen LogP contribution in [0.5, 0.6) is 0 Å². The molecule has 0 amide bonds. The third-order valence-electron chi connectivity index (χ3n) is 2.78. The second-order valence-corrected chi connectivity index (χ2v) is 3.43. The molecule has 72 valence electrons. The largest absolute Gasteiger partial charge is 0.480 e. The number of hydrogen-bond acceptors (Lipinski definition) is 3. The highest BCUT2D eigenvalue weighted by Crippen LogP contribution is 2.30. The van der Waals surface area contributed by atoms with Gasteiger partial charge in [-0.25, -0.2) is 0 Å². The molecule has 0 bridgehead atoms. The number of likely N-dealkylation sites (tertiary alicyclic amines) is 1. The number of nitriles is 1. The van der Waals surface area contributed by atoms with Gasteiger partial charge in [0.25, 0.3) is 0 Å². The van der Waals surface area contributed by atoms with Gasteiger partial charge in [0, 0.05) is 13.1 Å². The lowest BCUT2D eigenvalue weighted by molar-refractivity contribution is -0.147. The van der Waals surface area contributed by atoms with Crippen molar-refractivity contribution in [2.45, 2.75) is 19.8 Å². The summed E-state index contributed by atoms with van der Waals surface area (Å²) < 4.78 is 0. The molecule has 13 heavy (non-hydrogen) atoms. The van der Waals surface area contributed by atoms with Crippen molar-refractivity contribution in [2.75, 3.05) is 19.6 Å². The lowest BCUT2D eigenvalue weighted by Crippen LogP contribution is -2.43. The van der Waals surface area contributed by atoms with Gasteiger partial charge in [-0.1, -0.05) is 6.92 Å². The molecule has 0 aliphatic carbocycles. The molecule has 1 fully saturated rings. The second kappa shape index (κ2) is 3.75. The molecule has 1 aliphatic heterocycles. The van der Waals surface area contributed by atoms with E-state index in [9.17, 15) is 4.79 Å². The van der Waals surface area contributed by atoms with Crippen LogP contribution in [0, 0.1) is 16.7 Å². The van der Waals surface area contributed by atoms with E-state index < -0.39 is 11.4 Å². The van der Waals surface area contributed by atoms with Crippen LogP contribution in [0.1, 0.15) is 19.8 Å². The molecule has 0 aromatic rings. The lowest BCUT2D eigenvalue weighted by Gasteiger charge is -2.33. The number of carboxylic acids is 1. The summed E-state index contributed by atoms with van der Waals surface area (Å²) in [6, 6.07) is 1.94. The minimum atomic E-state index is -1.12. The zero-order valence-corrected chi connectivity index (χ0v) is 7.79. The number of aliphatic carboxylic acids is 1. The Labute approximate surface area is 77.8 Å². The van der Waals surface area contributed by atoms with Gasteiger partial charge < -0.3 is 10.0 Å². The number of carboxylic acid groups (broad SMARTS) is 1. The normalized spacial score (nSPS) is 22.2. The Hall–Kier alpha value is -1.08. The van der Waals surface area contributed by atoms with E-state index in [1.165, 1.54) is 0 Å². The number of piperidine rings is 1. The molecule has 0 unspecified atom stereocenters. The maximum Gasteiger partial charge on any atom is 0.324 e. The van der Waals surface area contributed by atoms with E-state index in [-0.39, 0.29) is 0 Å². The molecular weight excluding hydrogens is 168 g/mol. The highest BCUT2D eigenvalue weighted by atomic mass is 16.4. The van der Waals surface area contributed by atoms with Crippen LogP contribution in [0.3, 0.4) is 0 Å². The topological polar surface area (TPSA) is 64.3 Å². The summed E-state index contributed by atoms with van der Waals surface area (Å²) in [5.74, 6) is -0.967. The van der Waals surface area contributed by atoms with Crippen molar-refractivity contribution in [1.29, 1.82) is 5.26 Å². The minimum absolute atomic E-state index is 0.451. The molecule has 0 saturated carbocycles. The monoisotopic (exact) mass is 182 g/mol. The minimum Gasteiger partial charge on any atom is -0.480 e. The summed E-state index contributed by atoms with van der Waals surface area (Å²) in [4.78, 5) is 13.0. The van der Waals surface area contributed by atoms with Crippen LogP contribution in [0.4, 0.5) is 0 Å². The SMILES string of the molecule is CCN1CCC(C#N)(C(=O)O)CC1. The fourth-order valence-electron chi connectivity index (χ4n) is 1.62. The average molecular weight is 182 g/mol. The van der Waals surface area contributed by atoms with Gasteiger partial charge >= 0.3 is 5.97 Å². The number of rotatable bonds is 2. The van der Waals surface area contributed by atoms with Gasteiger partial charge in [-0.05, 0) is 19.4 Å². The van der Waals surface area contributed by atoms with E-state index in [4.69, 9.17) is 10.4 Å². The summed E-state index contributed by atoms with van der Waals surface area (Å²) in [5, 5.41) is 17.7. The van der Waals surface area contributed by atoms with Gasteiger partial charge in [0.1, 0.15) is 0 Å². The molecule has 1 heterocycles. The van der Waals surface area contributed by atoms with Crippen LogP contribution >= 0.6 is 0 Å². The van der Waals surface area contributed by atoms with Crippen molar-refractivity contribution in [3.05, 3.63) is 0 Å². The van der Waals surface area contributed by atoms with E-state index >= 15 is 0 Å². The molecule has 1 rings (SSSR count). The Bertz CT molecular complexity index is 236. The van der Waals surface area contributed by atoms with Crippen LogP contribution < -0.4 is 0 Å². The van der Waals surface area contributed by atoms with Crippen LogP contribution in [-0.2, 0) is 4.79 Å². The Kier molecular flexibility index (Phi) is 2.89. The number of nitrogens with zero attached hydrogens (tertiary/aromatic N) is 2. The van der Waals surface area contributed by atoms with E-state index in [1.54, 1.807) is 0 Å². The highest BCUT2D eigenvalue weighted by Gasteiger charge is 2.41. The lowest BCUT2D eigenvalue weighted by atomic mass is 9.80. The zero-order valence-electron chi connectivity index (χ0n) is 7.79. The van der Waals surface area contributed by atoms with Crippen LogP contribution in [-0.4, -0.2) is 35.6 Å². The first-order valence-corrected chi connectivity index (χ1v) is 4.51. The van der Waals surface area contributed by atoms with Crippen molar-refractivity contribution in [3.8, 4) is 6.07 Å². The molecule has 0 aromatic carbocycles. The van der Waals surface area contributed by atoms with Crippen LogP contribution in [0.2, 0.25) is 0 Å². The maximum absolute atomic E-state index is 10.9.